The van der Waals surface area contributed by atoms with Gasteiger partial charge in [-0.1, -0.05) is 6.07 Å². The van der Waals surface area contributed by atoms with Crippen LogP contribution in [0.4, 0.5) is 8.78 Å². The maximum atomic E-state index is 13.1. The van der Waals surface area contributed by atoms with E-state index in [4.69, 9.17) is 10.8 Å². The molecule has 0 spiro atoms. The van der Waals surface area contributed by atoms with Crippen LogP contribution < -0.4 is 5.73 Å². The number of nitrogens with two attached hydrogens (primary N) is 1. The molecule has 13 heavy (non-hydrogen) atoms. The molecule has 0 aliphatic carbocycles. The summed E-state index contributed by atoms with van der Waals surface area (Å²) < 4.78 is 25.6. The highest BCUT2D eigenvalue weighted by Gasteiger charge is 2.23. The van der Waals surface area contributed by atoms with Crippen molar-refractivity contribution in [1.29, 1.82) is 0 Å². The van der Waals surface area contributed by atoms with E-state index < -0.39 is 23.8 Å². The predicted molar refractivity (Wildman–Crippen MR) is 45.0 cm³/mol. The zero-order chi connectivity index (χ0) is 10.1. The van der Waals surface area contributed by atoms with E-state index in [1.165, 1.54) is 13.0 Å². The van der Waals surface area contributed by atoms with Gasteiger partial charge in [0.15, 0.2) is 0 Å². The van der Waals surface area contributed by atoms with E-state index in [-0.39, 0.29) is 5.56 Å². The van der Waals surface area contributed by atoms with Gasteiger partial charge in [-0.05, 0) is 13.0 Å². The van der Waals surface area contributed by atoms with Crippen LogP contribution in [0.15, 0.2) is 18.2 Å². The van der Waals surface area contributed by atoms with E-state index in [9.17, 15) is 8.78 Å². The molecular weight excluding hydrogens is 176 g/mol. The predicted octanol–water partition coefficient (Wildman–Crippen LogP) is 1.13. The van der Waals surface area contributed by atoms with Gasteiger partial charge < -0.3 is 10.8 Å². The summed E-state index contributed by atoms with van der Waals surface area (Å²) in [6, 6.07) is 3.09. The van der Waals surface area contributed by atoms with Crippen LogP contribution in [0.3, 0.4) is 0 Å². The number of aliphatic hydroxyl groups is 1. The molecular formula is C9H11F2NO. The number of halogens is 2. The third-order valence-electron chi connectivity index (χ3n) is 1.87. The minimum Gasteiger partial charge on any atom is -0.394 e. The molecule has 1 rings (SSSR count). The lowest BCUT2D eigenvalue weighted by Crippen LogP contribution is -2.37. The molecule has 0 radical (unpaired) electrons. The normalized spacial score (nSPS) is 15.5. The van der Waals surface area contributed by atoms with Crippen LogP contribution in [-0.2, 0) is 5.54 Å². The van der Waals surface area contributed by atoms with Crippen LogP contribution >= 0.6 is 0 Å². The van der Waals surface area contributed by atoms with Crippen molar-refractivity contribution in [3.63, 3.8) is 0 Å². The Kier molecular flexibility index (Phi) is 2.63. The molecule has 0 bridgehead atoms. The molecule has 0 aliphatic rings. The molecule has 0 amide bonds. The molecule has 3 N–H and O–H groups in total. The Labute approximate surface area is 75.0 Å². The maximum absolute atomic E-state index is 13.1. The second kappa shape index (κ2) is 3.40. The first-order chi connectivity index (χ1) is 5.97. The fourth-order valence-electron chi connectivity index (χ4n) is 1.04. The number of hydrogen-bond acceptors (Lipinski definition) is 2. The lowest BCUT2D eigenvalue weighted by molar-refractivity contribution is 0.206. The first-order valence-electron chi connectivity index (χ1n) is 3.82. The maximum Gasteiger partial charge on any atom is 0.131 e. The number of rotatable bonds is 2. The third-order valence-corrected chi connectivity index (χ3v) is 1.87. The molecule has 0 saturated heterocycles. The molecule has 0 fully saturated rings. The Morgan fingerprint density at radius 1 is 1.46 bits per heavy atom. The summed E-state index contributed by atoms with van der Waals surface area (Å²) in [5.41, 5.74) is 4.51. The van der Waals surface area contributed by atoms with Gasteiger partial charge in [-0.3, -0.25) is 0 Å². The molecule has 0 heterocycles. The summed E-state index contributed by atoms with van der Waals surface area (Å²) in [5, 5.41) is 8.86. The average molecular weight is 187 g/mol. The summed E-state index contributed by atoms with van der Waals surface area (Å²) >= 11 is 0. The van der Waals surface area contributed by atoms with Crippen LogP contribution in [0.25, 0.3) is 0 Å². The minimum absolute atomic E-state index is 0.108. The Hall–Kier alpha value is -1.00. The zero-order valence-electron chi connectivity index (χ0n) is 7.22. The van der Waals surface area contributed by atoms with Crippen molar-refractivity contribution in [2.45, 2.75) is 12.5 Å². The van der Waals surface area contributed by atoms with Crippen LogP contribution in [-0.4, -0.2) is 11.7 Å². The number of benzene rings is 1. The largest absolute Gasteiger partial charge is 0.394 e. The van der Waals surface area contributed by atoms with Gasteiger partial charge in [0, 0.05) is 11.6 Å². The minimum atomic E-state index is -1.17. The first kappa shape index (κ1) is 10.1. The van der Waals surface area contributed by atoms with Gasteiger partial charge in [0.2, 0.25) is 0 Å². The summed E-state index contributed by atoms with van der Waals surface area (Å²) in [7, 11) is 0. The molecule has 2 nitrogen and oxygen atoms in total. The van der Waals surface area contributed by atoms with Gasteiger partial charge >= 0.3 is 0 Å². The molecule has 1 atom stereocenters. The fraction of sp³-hybridized carbons (Fsp3) is 0.333. The highest BCUT2D eigenvalue weighted by Crippen LogP contribution is 2.20. The van der Waals surface area contributed by atoms with Gasteiger partial charge in [0.25, 0.3) is 0 Å². The average Bonchev–Trinajstić information content (AvgIpc) is 2.03. The summed E-state index contributed by atoms with van der Waals surface area (Å²) in [4.78, 5) is 0. The smallest absolute Gasteiger partial charge is 0.131 e. The van der Waals surface area contributed by atoms with Gasteiger partial charge in [0.1, 0.15) is 11.6 Å². The molecule has 0 saturated carbocycles. The zero-order valence-corrected chi connectivity index (χ0v) is 7.22. The van der Waals surface area contributed by atoms with E-state index in [0.29, 0.717) is 0 Å². The standard InChI is InChI=1S/C9H11F2NO/c1-9(12,5-13)7-3-2-6(10)4-8(7)11/h2-4,13H,5,12H2,1H3. The Morgan fingerprint density at radius 3 is 2.54 bits per heavy atom. The Balaban J connectivity index is 3.16. The van der Waals surface area contributed by atoms with E-state index in [1.807, 2.05) is 0 Å². The van der Waals surface area contributed by atoms with Crippen molar-refractivity contribution in [2.75, 3.05) is 6.61 Å². The molecule has 0 aliphatic heterocycles. The van der Waals surface area contributed by atoms with Crippen molar-refractivity contribution in [1.82, 2.24) is 0 Å². The second-order valence-corrected chi connectivity index (χ2v) is 3.20. The lowest BCUT2D eigenvalue weighted by atomic mass is 9.94. The van der Waals surface area contributed by atoms with Gasteiger partial charge in [-0.2, -0.15) is 0 Å². The molecule has 1 aromatic rings. The molecule has 72 valence electrons. The third kappa shape index (κ3) is 2.02. The van der Waals surface area contributed by atoms with Crippen molar-refractivity contribution in [2.24, 2.45) is 5.73 Å². The van der Waals surface area contributed by atoms with Crippen molar-refractivity contribution >= 4 is 0 Å². The van der Waals surface area contributed by atoms with Crippen molar-refractivity contribution in [3.05, 3.63) is 35.4 Å². The quantitative estimate of drug-likeness (QED) is 0.729. The van der Waals surface area contributed by atoms with Crippen LogP contribution in [0.2, 0.25) is 0 Å². The summed E-state index contributed by atoms with van der Waals surface area (Å²) in [5.74, 6) is -1.39. The van der Waals surface area contributed by atoms with Gasteiger partial charge in [0.05, 0.1) is 12.1 Å². The van der Waals surface area contributed by atoms with Crippen LogP contribution in [0.1, 0.15) is 12.5 Å². The fourth-order valence-corrected chi connectivity index (χ4v) is 1.04. The number of aliphatic hydroxyl groups excluding tert-OH is 1. The molecule has 0 aromatic heterocycles. The highest BCUT2D eigenvalue weighted by atomic mass is 19.1. The van der Waals surface area contributed by atoms with Crippen LogP contribution in [0, 0.1) is 11.6 Å². The molecule has 1 unspecified atom stereocenters. The van der Waals surface area contributed by atoms with E-state index >= 15 is 0 Å². The molecule has 4 heteroatoms. The van der Waals surface area contributed by atoms with E-state index in [1.54, 1.807) is 0 Å². The number of hydrogen-bond donors (Lipinski definition) is 2. The first-order valence-corrected chi connectivity index (χ1v) is 3.82. The second-order valence-electron chi connectivity index (χ2n) is 3.20. The van der Waals surface area contributed by atoms with Crippen molar-refractivity contribution < 1.29 is 13.9 Å². The van der Waals surface area contributed by atoms with E-state index in [0.717, 1.165) is 12.1 Å². The van der Waals surface area contributed by atoms with Crippen molar-refractivity contribution in [3.8, 4) is 0 Å². The van der Waals surface area contributed by atoms with Crippen LogP contribution in [0.5, 0.6) is 0 Å². The van der Waals surface area contributed by atoms with Gasteiger partial charge in [-0.25, -0.2) is 8.78 Å². The van der Waals surface area contributed by atoms with E-state index in [2.05, 4.69) is 0 Å². The SMILES string of the molecule is CC(N)(CO)c1ccc(F)cc1F. The van der Waals surface area contributed by atoms with Gasteiger partial charge in [-0.15, -0.1) is 0 Å². The lowest BCUT2D eigenvalue weighted by Gasteiger charge is -2.22. The molecule has 1 aromatic carbocycles. The topological polar surface area (TPSA) is 46.2 Å². The monoisotopic (exact) mass is 187 g/mol. The summed E-state index contributed by atoms with van der Waals surface area (Å²) in [6.45, 7) is 1.08. The highest BCUT2D eigenvalue weighted by molar-refractivity contribution is 5.25. The Bertz CT molecular complexity index is 312. The Morgan fingerprint density at radius 2 is 2.08 bits per heavy atom. The summed E-state index contributed by atoms with van der Waals surface area (Å²) in [6.07, 6.45) is 0.